The number of carbonyl (C=O) groups is 1. The van der Waals surface area contributed by atoms with E-state index in [1.807, 2.05) is 6.08 Å². The summed E-state index contributed by atoms with van der Waals surface area (Å²) in [6, 6.07) is -0.795. The molecule has 0 heterocycles. The second-order valence-electron chi connectivity index (χ2n) is 19.1. The smallest absolute Gasteiger partial charge is 0.249 e. The van der Waals surface area contributed by atoms with E-state index in [9.17, 15) is 20.1 Å². The third-order valence-electron chi connectivity index (χ3n) is 13.0. The number of aliphatic hydroxyl groups is 3. The topological polar surface area (TPSA) is 89.8 Å². The van der Waals surface area contributed by atoms with Gasteiger partial charge in [-0.1, -0.05) is 282 Å². The zero-order valence-electron chi connectivity index (χ0n) is 41.3. The van der Waals surface area contributed by atoms with Gasteiger partial charge in [0.1, 0.15) is 6.10 Å². The molecule has 0 radical (unpaired) electrons. The van der Waals surface area contributed by atoms with Crippen LogP contribution in [0.25, 0.3) is 0 Å². The average Bonchev–Trinajstić information content (AvgIpc) is 3.26. The Labute approximate surface area is 382 Å². The van der Waals surface area contributed by atoms with Crippen molar-refractivity contribution in [2.45, 2.75) is 321 Å². The molecule has 0 saturated carbocycles. The molecule has 0 aromatic carbocycles. The summed E-state index contributed by atoms with van der Waals surface area (Å²) >= 11 is 0. The van der Waals surface area contributed by atoms with Gasteiger partial charge >= 0.3 is 0 Å². The fourth-order valence-corrected chi connectivity index (χ4v) is 8.71. The molecule has 4 N–H and O–H groups in total. The number of carbonyl (C=O) groups excluding carboxylic acids is 1. The molecule has 0 fully saturated rings. The van der Waals surface area contributed by atoms with Gasteiger partial charge in [-0.3, -0.25) is 4.79 Å². The molecule has 0 bridgehead atoms. The van der Waals surface area contributed by atoms with Crippen molar-refractivity contribution in [1.29, 1.82) is 0 Å². The molecular weight excluding hydrogens is 751 g/mol. The Morgan fingerprint density at radius 3 is 0.951 bits per heavy atom. The highest BCUT2D eigenvalue weighted by atomic mass is 16.3. The number of allylic oxidation sites excluding steroid dienone is 3. The summed E-state index contributed by atoms with van der Waals surface area (Å²) in [5.41, 5.74) is 0. The van der Waals surface area contributed by atoms with Crippen molar-refractivity contribution in [3.8, 4) is 0 Å². The summed E-state index contributed by atoms with van der Waals surface area (Å²) in [5, 5.41) is 33.3. The van der Waals surface area contributed by atoms with Crippen molar-refractivity contribution in [1.82, 2.24) is 5.32 Å². The van der Waals surface area contributed by atoms with Crippen LogP contribution in [0.2, 0.25) is 0 Å². The summed E-state index contributed by atoms with van der Waals surface area (Å²) in [7, 11) is 0. The van der Waals surface area contributed by atoms with E-state index < -0.39 is 24.2 Å². The first-order valence-corrected chi connectivity index (χ1v) is 27.7. The van der Waals surface area contributed by atoms with Gasteiger partial charge in [-0.25, -0.2) is 0 Å². The molecule has 0 saturated heterocycles. The standard InChI is InChI=1S/C56H109NO4/c1-3-5-7-9-11-13-15-17-19-20-21-22-23-24-25-26-27-28-29-30-31-32-33-34-35-37-39-41-43-45-47-49-51-55(60)56(61)57-53(52-58)54(59)50-48-46-44-42-40-38-36-18-16-14-12-10-8-6-4-2/h24-25,48,50,53-55,58-60H,3-23,26-47,49,51-52H2,1-2H3,(H,57,61)/b25-24-,50-48+. The van der Waals surface area contributed by atoms with Crippen LogP contribution in [-0.2, 0) is 4.79 Å². The Hall–Kier alpha value is -1.17. The van der Waals surface area contributed by atoms with E-state index in [4.69, 9.17) is 0 Å². The van der Waals surface area contributed by atoms with Crippen LogP contribution in [0.1, 0.15) is 303 Å². The van der Waals surface area contributed by atoms with Crippen molar-refractivity contribution in [2.24, 2.45) is 0 Å². The van der Waals surface area contributed by atoms with Crippen LogP contribution in [-0.4, -0.2) is 46.1 Å². The Balaban J connectivity index is 3.51. The highest BCUT2D eigenvalue weighted by Gasteiger charge is 2.22. The van der Waals surface area contributed by atoms with Crippen LogP contribution in [0.15, 0.2) is 24.3 Å². The first kappa shape index (κ1) is 59.8. The Morgan fingerprint density at radius 2 is 0.656 bits per heavy atom. The van der Waals surface area contributed by atoms with Crippen LogP contribution in [0.4, 0.5) is 0 Å². The molecule has 61 heavy (non-hydrogen) atoms. The minimum absolute atomic E-state index is 0.360. The van der Waals surface area contributed by atoms with E-state index in [-0.39, 0.29) is 6.61 Å². The predicted molar refractivity (Wildman–Crippen MR) is 268 cm³/mol. The van der Waals surface area contributed by atoms with Crippen molar-refractivity contribution in [2.75, 3.05) is 6.61 Å². The summed E-state index contributed by atoms with van der Waals surface area (Å²) in [6.07, 6.45) is 65.4. The predicted octanol–water partition coefficient (Wildman–Crippen LogP) is 16.9. The van der Waals surface area contributed by atoms with Gasteiger partial charge in [-0.2, -0.15) is 0 Å². The average molecular weight is 860 g/mol. The zero-order valence-corrected chi connectivity index (χ0v) is 41.3. The number of hydrogen-bond acceptors (Lipinski definition) is 4. The van der Waals surface area contributed by atoms with Crippen molar-refractivity contribution >= 4 is 5.91 Å². The Morgan fingerprint density at radius 1 is 0.393 bits per heavy atom. The maximum absolute atomic E-state index is 12.5. The molecule has 3 atom stereocenters. The van der Waals surface area contributed by atoms with Crippen molar-refractivity contribution < 1.29 is 20.1 Å². The Kier molecular flexibility index (Phi) is 50.5. The number of amides is 1. The quantitative estimate of drug-likeness (QED) is 0.0362. The SMILES string of the molecule is CCCCCCCCCCCCCC/C=C\CCCCCCCCCCCCCCCCCCC(O)C(=O)NC(CO)C(O)/C=C/CCCCCCCCCCCCCCC. The van der Waals surface area contributed by atoms with Gasteiger partial charge in [0.2, 0.25) is 5.91 Å². The fourth-order valence-electron chi connectivity index (χ4n) is 8.71. The maximum Gasteiger partial charge on any atom is 0.249 e. The van der Waals surface area contributed by atoms with E-state index >= 15 is 0 Å². The molecule has 0 aliphatic carbocycles. The van der Waals surface area contributed by atoms with E-state index in [2.05, 4.69) is 31.3 Å². The van der Waals surface area contributed by atoms with Crippen LogP contribution in [0, 0.1) is 0 Å². The molecule has 5 heteroatoms. The molecule has 362 valence electrons. The molecule has 0 spiro atoms. The van der Waals surface area contributed by atoms with Crippen molar-refractivity contribution in [3.05, 3.63) is 24.3 Å². The molecule has 0 aliphatic heterocycles. The van der Waals surface area contributed by atoms with Gasteiger partial charge in [-0.15, -0.1) is 0 Å². The number of rotatable bonds is 51. The summed E-state index contributed by atoms with van der Waals surface area (Å²) in [6.45, 7) is 4.21. The Bertz CT molecular complexity index is 905. The van der Waals surface area contributed by atoms with Gasteiger partial charge in [0.25, 0.3) is 0 Å². The van der Waals surface area contributed by atoms with Gasteiger partial charge < -0.3 is 20.6 Å². The summed E-state index contributed by atoms with van der Waals surface area (Å²) < 4.78 is 0. The highest BCUT2D eigenvalue weighted by Crippen LogP contribution is 2.17. The first-order valence-electron chi connectivity index (χ1n) is 27.7. The lowest BCUT2D eigenvalue weighted by Crippen LogP contribution is -2.48. The minimum Gasteiger partial charge on any atom is -0.394 e. The monoisotopic (exact) mass is 860 g/mol. The third-order valence-corrected chi connectivity index (χ3v) is 13.0. The zero-order chi connectivity index (χ0) is 44.4. The van der Waals surface area contributed by atoms with Gasteiger partial charge in [0.15, 0.2) is 0 Å². The normalized spacial score (nSPS) is 13.5. The van der Waals surface area contributed by atoms with E-state index in [1.165, 1.54) is 250 Å². The number of unbranched alkanes of at least 4 members (excludes halogenated alkanes) is 41. The van der Waals surface area contributed by atoms with Crippen LogP contribution in [0.5, 0.6) is 0 Å². The second kappa shape index (κ2) is 51.5. The first-order chi connectivity index (χ1) is 30.1. The fraction of sp³-hybridized carbons (Fsp3) is 0.911. The molecule has 0 aromatic heterocycles. The van der Waals surface area contributed by atoms with E-state index in [0.29, 0.717) is 6.42 Å². The minimum atomic E-state index is -1.10. The lowest BCUT2D eigenvalue weighted by atomic mass is 10.0. The largest absolute Gasteiger partial charge is 0.394 e. The third kappa shape index (κ3) is 46.6. The van der Waals surface area contributed by atoms with Crippen LogP contribution < -0.4 is 5.32 Å². The lowest BCUT2D eigenvalue weighted by Gasteiger charge is -2.21. The number of nitrogens with one attached hydrogen (secondary N) is 1. The molecular formula is C56H109NO4. The number of aliphatic hydroxyl groups excluding tert-OH is 3. The van der Waals surface area contributed by atoms with Crippen LogP contribution >= 0.6 is 0 Å². The van der Waals surface area contributed by atoms with Crippen molar-refractivity contribution in [3.63, 3.8) is 0 Å². The number of hydrogen-bond donors (Lipinski definition) is 4. The summed E-state index contributed by atoms with van der Waals surface area (Å²) in [4.78, 5) is 12.5. The molecule has 0 rings (SSSR count). The molecule has 3 unspecified atom stereocenters. The van der Waals surface area contributed by atoms with E-state index in [0.717, 1.165) is 32.1 Å². The second-order valence-corrected chi connectivity index (χ2v) is 19.1. The van der Waals surface area contributed by atoms with E-state index in [1.54, 1.807) is 6.08 Å². The molecule has 0 aliphatic rings. The van der Waals surface area contributed by atoms with Gasteiger partial charge in [0.05, 0.1) is 18.8 Å². The van der Waals surface area contributed by atoms with Gasteiger partial charge in [0, 0.05) is 0 Å². The molecule has 0 aromatic rings. The lowest BCUT2D eigenvalue weighted by molar-refractivity contribution is -0.131. The van der Waals surface area contributed by atoms with Crippen LogP contribution in [0.3, 0.4) is 0 Å². The van der Waals surface area contributed by atoms with Gasteiger partial charge in [-0.05, 0) is 44.9 Å². The molecule has 5 nitrogen and oxygen atoms in total. The molecule has 1 amide bonds. The maximum atomic E-state index is 12.5. The highest BCUT2D eigenvalue weighted by molar-refractivity contribution is 5.80. The summed E-state index contributed by atoms with van der Waals surface area (Å²) in [5.74, 6) is -0.499.